The summed E-state index contributed by atoms with van der Waals surface area (Å²) in [5.41, 5.74) is 9.57. The molecule has 10 heteroatoms. The van der Waals surface area contributed by atoms with Crippen molar-refractivity contribution >= 4 is 19.8 Å². The fourth-order valence-electron chi connectivity index (χ4n) is 0.304. The molecule has 0 aromatic heterocycles. The molecule has 0 aromatic carbocycles. The fourth-order valence-corrected chi connectivity index (χ4v) is 0.304. The van der Waals surface area contributed by atoms with Crippen molar-refractivity contribution in [2.75, 3.05) is 0 Å². The number of carbonyl (C=O) groups excluding carboxylic acids is 1. The zero-order valence-corrected chi connectivity index (χ0v) is 7.73. The Labute approximate surface area is 78.0 Å². The van der Waals surface area contributed by atoms with E-state index in [0.717, 1.165) is 0 Å². The van der Waals surface area contributed by atoms with Crippen molar-refractivity contribution in [2.45, 2.75) is 12.5 Å². The van der Waals surface area contributed by atoms with Crippen LogP contribution in [0.4, 0.5) is 4.20 Å². The van der Waals surface area contributed by atoms with Gasteiger partial charge in [-0.25, -0.2) is 4.57 Å². The largest absolute Gasteiger partial charge is 0.507 e. The van der Waals surface area contributed by atoms with Crippen LogP contribution in [0.5, 0.6) is 0 Å². The highest BCUT2D eigenvalue weighted by Crippen LogP contribution is 2.34. The quantitative estimate of drug-likeness (QED) is 0.362. The second-order valence-electron chi connectivity index (χ2n) is 2.09. The molecule has 8 nitrogen and oxygen atoms in total. The average Bonchev–Trinajstić information content (AvgIpc) is 1.80. The van der Waals surface area contributed by atoms with Crippen LogP contribution in [0.25, 0.3) is 0 Å². The molecule has 0 saturated carbocycles. The Morgan fingerprint density at radius 2 is 1.71 bits per heavy atom. The number of nitrogens with two attached hydrogens (primary N) is 2. The van der Waals surface area contributed by atoms with Crippen LogP contribution in [0.15, 0.2) is 0 Å². The number of primary amides is 1. The summed E-state index contributed by atoms with van der Waals surface area (Å²) in [5.74, 6) is -1.92. The summed E-state index contributed by atoms with van der Waals surface area (Å²) in [5, 5.41) is 8.10. The molecule has 0 spiro atoms. The zero-order chi connectivity index (χ0) is 11.9. The Balaban J connectivity index is 0. The third-order valence-electron chi connectivity index (χ3n) is 0.738. The second kappa shape index (κ2) is 6.44. The van der Waals surface area contributed by atoms with Crippen molar-refractivity contribution in [1.29, 1.82) is 0 Å². The van der Waals surface area contributed by atoms with Crippen molar-refractivity contribution in [3.05, 3.63) is 0 Å². The van der Waals surface area contributed by atoms with Gasteiger partial charge in [0.1, 0.15) is 6.04 Å². The molecule has 1 amide bonds. The molecule has 0 aromatic rings. The molecule has 0 aliphatic heterocycles. The minimum absolute atomic E-state index is 0.310. The van der Waals surface area contributed by atoms with E-state index in [4.69, 9.17) is 25.2 Å². The van der Waals surface area contributed by atoms with Gasteiger partial charge in [0.15, 0.2) is 0 Å². The van der Waals surface area contributed by atoms with E-state index in [9.17, 15) is 13.8 Å². The van der Waals surface area contributed by atoms with Crippen LogP contribution in [-0.4, -0.2) is 32.8 Å². The van der Waals surface area contributed by atoms with Crippen molar-refractivity contribution < 1.29 is 33.2 Å². The molecule has 0 unspecified atom stereocenters. The van der Waals surface area contributed by atoms with Crippen molar-refractivity contribution in [2.24, 2.45) is 11.5 Å². The highest BCUT2D eigenvalue weighted by Gasteiger charge is 2.13. The van der Waals surface area contributed by atoms with E-state index in [1.165, 1.54) is 0 Å². The van der Waals surface area contributed by atoms with E-state index in [-0.39, 0.29) is 6.42 Å². The minimum atomic E-state index is -5.14. The van der Waals surface area contributed by atoms with Gasteiger partial charge in [-0.05, 0) is 0 Å². The summed E-state index contributed by atoms with van der Waals surface area (Å²) >= 11 is 0. The summed E-state index contributed by atoms with van der Waals surface area (Å²) in [6.07, 6.45) is -0.310. The Hall–Kier alpha value is -1.02. The van der Waals surface area contributed by atoms with E-state index in [1.54, 1.807) is 0 Å². The van der Waals surface area contributed by atoms with Gasteiger partial charge in [0.2, 0.25) is 5.91 Å². The SMILES string of the molecule is NC(=O)C[C@H](N)C(=O)O.O=P(O)(O)F. The zero-order valence-electron chi connectivity index (χ0n) is 6.83. The smallest absolute Gasteiger partial charge is 0.480 e. The molecule has 84 valence electrons. The van der Waals surface area contributed by atoms with Gasteiger partial charge >= 0.3 is 13.9 Å². The van der Waals surface area contributed by atoms with Crippen LogP contribution in [0, 0.1) is 0 Å². The molecule has 0 bridgehead atoms. The number of hydrogen-bond donors (Lipinski definition) is 5. The first-order valence-corrected chi connectivity index (χ1v) is 4.56. The van der Waals surface area contributed by atoms with Gasteiger partial charge in [-0.2, -0.15) is 0 Å². The molecule has 0 aliphatic carbocycles. The van der Waals surface area contributed by atoms with E-state index in [2.05, 4.69) is 5.73 Å². The normalized spacial score (nSPS) is 12.3. The van der Waals surface area contributed by atoms with E-state index in [1.807, 2.05) is 0 Å². The lowest BCUT2D eigenvalue weighted by Gasteiger charge is -1.99. The Bertz CT molecular complexity index is 244. The highest BCUT2D eigenvalue weighted by molar-refractivity contribution is 7.45. The maximum absolute atomic E-state index is 10.4. The van der Waals surface area contributed by atoms with Gasteiger partial charge in [0, 0.05) is 0 Å². The number of halogens is 1. The lowest BCUT2D eigenvalue weighted by atomic mass is 10.2. The molecular formula is C4H10FN2O6P. The number of carboxylic acid groups (broad SMARTS) is 1. The highest BCUT2D eigenvalue weighted by atomic mass is 31.2. The third kappa shape index (κ3) is 22.4. The molecule has 1 atom stereocenters. The number of carboxylic acids is 1. The van der Waals surface area contributed by atoms with Gasteiger partial charge in [-0.1, -0.05) is 0 Å². The van der Waals surface area contributed by atoms with Gasteiger partial charge in [0.05, 0.1) is 6.42 Å². The Kier molecular flexibility index (Phi) is 7.10. The van der Waals surface area contributed by atoms with Gasteiger partial charge in [0.25, 0.3) is 0 Å². The molecular weight excluding hydrogens is 222 g/mol. The summed E-state index contributed by atoms with van der Waals surface area (Å²) in [6.45, 7) is 0. The molecule has 0 heterocycles. The van der Waals surface area contributed by atoms with Crippen LogP contribution < -0.4 is 11.5 Å². The van der Waals surface area contributed by atoms with Crippen LogP contribution in [0.1, 0.15) is 6.42 Å². The number of aliphatic carboxylic acids is 1. The Morgan fingerprint density at radius 1 is 1.43 bits per heavy atom. The number of carbonyl (C=O) groups is 2. The molecule has 0 fully saturated rings. The van der Waals surface area contributed by atoms with Crippen LogP contribution in [0.2, 0.25) is 0 Å². The standard InChI is InChI=1S/C4H8N2O3.FH2O3P/c5-2(4(8)9)1-3(6)7;1-5(2,3)4/h2H,1,5H2,(H2,6,7)(H,8,9);(H2,2,3,4)/t2-;/m0./s1. The monoisotopic (exact) mass is 232 g/mol. The van der Waals surface area contributed by atoms with Crippen molar-refractivity contribution in [1.82, 2.24) is 0 Å². The second-order valence-corrected chi connectivity index (χ2v) is 3.03. The maximum Gasteiger partial charge on any atom is 0.507 e. The lowest BCUT2D eigenvalue weighted by Crippen LogP contribution is -2.34. The number of hydrogen-bond acceptors (Lipinski definition) is 4. The minimum Gasteiger partial charge on any atom is -0.480 e. The van der Waals surface area contributed by atoms with E-state index >= 15 is 0 Å². The lowest BCUT2D eigenvalue weighted by molar-refractivity contribution is -0.140. The number of rotatable bonds is 3. The predicted octanol–water partition coefficient (Wildman–Crippen LogP) is -1.68. The van der Waals surface area contributed by atoms with E-state index < -0.39 is 25.8 Å². The number of amides is 1. The molecule has 0 radical (unpaired) electrons. The fraction of sp³-hybridized carbons (Fsp3) is 0.500. The summed E-state index contributed by atoms with van der Waals surface area (Å²) in [6, 6.07) is -1.16. The molecule has 0 saturated heterocycles. The summed E-state index contributed by atoms with van der Waals surface area (Å²) in [7, 11) is -5.14. The summed E-state index contributed by atoms with van der Waals surface area (Å²) in [4.78, 5) is 33.8. The Morgan fingerprint density at radius 3 is 1.79 bits per heavy atom. The third-order valence-corrected chi connectivity index (χ3v) is 0.738. The van der Waals surface area contributed by atoms with Crippen molar-refractivity contribution in [3.8, 4) is 0 Å². The van der Waals surface area contributed by atoms with Gasteiger partial charge in [-0.3, -0.25) is 19.4 Å². The van der Waals surface area contributed by atoms with Crippen LogP contribution in [0.3, 0.4) is 0 Å². The van der Waals surface area contributed by atoms with E-state index in [0.29, 0.717) is 0 Å². The molecule has 0 aliphatic rings. The van der Waals surface area contributed by atoms with Gasteiger partial charge < -0.3 is 16.6 Å². The van der Waals surface area contributed by atoms with Crippen LogP contribution >= 0.6 is 7.91 Å². The first kappa shape index (κ1) is 15.5. The van der Waals surface area contributed by atoms with Crippen molar-refractivity contribution in [3.63, 3.8) is 0 Å². The molecule has 7 N–H and O–H groups in total. The van der Waals surface area contributed by atoms with Gasteiger partial charge in [-0.15, -0.1) is 4.20 Å². The summed E-state index contributed by atoms with van der Waals surface area (Å²) < 4.78 is 19.0. The van der Waals surface area contributed by atoms with Crippen LogP contribution in [-0.2, 0) is 14.2 Å². The average molecular weight is 232 g/mol. The maximum atomic E-state index is 10.4. The topological polar surface area (TPSA) is 164 Å². The first-order chi connectivity index (χ1) is 6.04. The predicted molar refractivity (Wildman–Crippen MR) is 42.6 cm³/mol. The first-order valence-electron chi connectivity index (χ1n) is 3.06. The molecule has 14 heavy (non-hydrogen) atoms. The molecule has 0 rings (SSSR count).